The molecular formula is C37H33N3O. The fourth-order valence-corrected chi connectivity index (χ4v) is 7.03. The maximum atomic E-state index is 14.0. The minimum absolute atomic E-state index is 0.0880. The van der Waals surface area contributed by atoms with E-state index in [4.69, 9.17) is 4.98 Å². The van der Waals surface area contributed by atoms with Crippen LogP contribution in [0.25, 0.3) is 10.9 Å². The van der Waals surface area contributed by atoms with Gasteiger partial charge >= 0.3 is 0 Å². The Balaban J connectivity index is 1.35. The van der Waals surface area contributed by atoms with Crippen LogP contribution < -0.4 is 0 Å². The smallest absolute Gasteiger partial charge is 0.168 e. The van der Waals surface area contributed by atoms with Crippen molar-refractivity contribution in [2.45, 2.75) is 31.7 Å². The first-order chi connectivity index (χ1) is 20.1. The lowest BCUT2D eigenvalue weighted by Crippen LogP contribution is -2.38. The fourth-order valence-electron chi connectivity index (χ4n) is 7.03. The molecule has 0 amide bonds. The van der Waals surface area contributed by atoms with Crippen molar-refractivity contribution in [1.29, 1.82) is 0 Å². The zero-order chi connectivity index (χ0) is 28.0. The van der Waals surface area contributed by atoms with Crippen molar-refractivity contribution in [3.05, 3.63) is 161 Å². The van der Waals surface area contributed by atoms with Crippen molar-refractivity contribution in [1.82, 2.24) is 14.1 Å². The second-order valence-corrected chi connectivity index (χ2v) is 11.2. The highest BCUT2D eigenvalue weighted by molar-refractivity contribution is 6.11. The molecule has 7 rings (SSSR count). The first-order valence-electron chi connectivity index (χ1n) is 14.4. The lowest BCUT2D eigenvalue weighted by Gasteiger charge is -2.38. The summed E-state index contributed by atoms with van der Waals surface area (Å²) in [7, 11) is 2.08. The van der Waals surface area contributed by atoms with Crippen molar-refractivity contribution in [3.63, 3.8) is 0 Å². The third-order valence-corrected chi connectivity index (χ3v) is 9.06. The maximum Gasteiger partial charge on any atom is 0.168 e. The monoisotopic (exact) mass is 535 g/mol. The average molecular weight is 536 g/mol. The van der Waals surface area contributed by atoms with E-state index in [1.54, 1.807) is 0 Å². The van der Waals surface area contributed by atoms with Crippen molar-refractivity contribution in [2.24, 2.45) is 13.0 Å². The Morgan fingerprint density at radius 2 is 1.32 bits per heavy atom. The quantitative estimate of drug-likeness (QED) is 0.207. The second kappa shape index (κ2) is 10.0. The SMILES string of the molecule is Cc1c(CC2CCc3c(c4ccccc4n3C)C2=O)ncn1C(c1ccccc1)(c1ccccc1)c1ccccc1. The number of nitrogens with zero attached hydrogens (tertiary/aromatic N) is 3. The van der Waals surface area contributed by atoms with Crippen LogP contribution in [0.2, 0.25) is 0 Å². The number of Topliss-reactive ketones (excluding diaryl/α,β-unsaturated/α-hetero) is 1. The van der Waals surface area contributed by atoms with E-state index in [9.17, 15) is 4.79 Å². The number of ketones is 1. The van der Waals surface area contributed by atoms with Gasteiger partial charge in [-0.3, -0.25) is 4.79 Å². The molecule has 0 fully saturated rings. The molecule has 2 heterocycles. The first-order valence-corrected chi connectivity index (χ1v) is 14.4. The van der Waals surface area contributed by atoms with Crippen LogP contribution in [-0.4, -0.2) is 19.9 Å². The minimum Gasteiger partial charge on any atom is -0.347 e. The van der Waals surface area contributed by atoms with Gasteiger partial charge in [0.2, 0.25) is 0 Å². The van der Waals surface area contributed by atoms with Gasteiger partial charge in [-0.1, -0.05) is 109 Å². The van der Waals surface area contributed by atoms with Crippen LogP contribution in [0.15, 0.2) is 122 Å². The van der Waals surface area contributed by atoms with Gasteiger partial charge in [0, 0.05) is 47.2 Å². The van der Waals surface area contributed by atoms with E-state index < -0.39 is 5.54 Å². The zero-order valence-corrected chi connectivity index (χ0v) is 23.5. The highest BCUT2D eigenvalue weighted by atomic mass is 16.1. The number of para-hydroxylation sites is 1. The first kappa shape index (κ1) is 25.3. The van der Waals surface area contributed by atoms with Crippen LogP contribution in [0.5, 0.6) is 0 Å². The Labute approximate surface area is 240 Å². The van der Waals surface area contributed by atoms with Gasteiger partial charge in [-0.05, 0) is 42.5 Å². The molecule has 0 saturated heterocycles. The number of hydrogen-bond acceptors (Lipinski definition) is 2. The Morgan fingerprint density at radius 1 is 0.780 bits per heavy atom. The molecule has 6 aromatic rings. The van der Waals surface area contributed by atoms with E-state index in [0.717, 1.165) is 46.4 Å². The molecule has 1 aliphatic rings. The van der Waals surface area contributed by atoms with Crippen LogP contribution in [0, 0.1) is 12.8 Å². The summed E-state index contributed by atoms with van der Waals surface area (Å²) in [5.74, 6) is 0.160. The molecule has 0 spiro atoms. The predicted octanol–water partition coefficient (Wildman–Crippen LogP) is 7.51. The summed E-state index contributed by atoms with van der Waals surface area (Å²) >= 11 is 0. The lowest BCUT2D eigenvalue weighted by atomic mass is 9.76. The van der Waals surface area contributed by atoms with E-state index in [1.165, 1.54) is 16.7 Å². The molecule has 1 unspecified atom stereocenters. The van der Waals surface area contributed by atoms with Gasteiger partial charge < -0.3 is 9.13 Å². The average Bonchev–Trinajstić information content (AvgIpc) is 3.54. The summed E-state index contributed by atoms with van der Waals surface area (Å²) in [5, 5.41) is 1.07. The van der Waals surface area contributed by atoms with E-state index in [2.05, 4.69) is 126 Å². The van der Waals surface area contributed by atoms with Crippen molar-refractivity contribution < 1.29 is 4.79 Å². The number of benzene rings is 4. The van der Waals surface area contributed by atoms with Crippen LogP contribution in [-0.2, 0) is 25.4 Å². The van der Waals surface area contributed by atoms with Gasteiger partial charge in [0.25, 0.3) is 0 Å². The molecule has 1 aliphatic carbocycles. The molecule has 4 aromatic carbocycles. The van der Waals surface area contributed by atoms with Crippen molar-refractivity contribution >= 4 is 16.7 Å². The van der Waals surface area contributed by atoms with E-state index in [0.29, 0.717) is 6.42 Å². The normalized spacial score (nSPS) is 15.3. The molecule has 4 nitrogen and oxygen atoms in total. The maximum absolute atomic E-state index is 14.0. The fraction of sp³-hybridized carbons (Fsp3) is 0.189. The molecule has 202 valence electrons. The molecule has 1 atom stereocenters. The van der Waals surface area contributed by atoms with Gasteiger partial charge in [-0.15, -0.1) is 0 Å². The van der Waals surface area contributed by atoms with Gasteiger partial charge in [-0.2, -0.15) is 0 Å². The van der Waals surface area contributed by atoms with E-state index in [1.807, 2.05) is 18.5 Å². The second-order valence-electron chi connectivity index (χ2n) is 11.2. The largest absolute Gasteiger partial charge is 0.347 e. The standard InChI is InChI=1S/C37H33N3O/c1-26-32(24-27-22-23-34-35(36(27)41)31-20-12-13-21-33(31)39(34)2)38-25-40(26)37(28-14-6-3-7-15-28,29-16-8-4-9-17-29)30-18-10-5-11-19-30/h3-21,25,27H,22-24H2,1-2H3. The number of carbonyl (C=O) groups excluding carboxylic acids is 1. The third kappa shape index (κ3) is 3.89. The summed E-state index contributed by atoms with van der Waals surface area (Å²) in [6, 6.07) is 40.3. The summed E-state index contributed by atoms with van der Waals surface area (Å²) < 4.78 is 4.52. The van der Waals surface area contributed by atoms with Crippen LogP contribution in [0.3, 0.4) is 0 Å². The molecule has 4 heteroatoms. The topological polar surface area (TPSA) is 39.8 Å². The molecule has 0 N–H and O–H groups in total. The summed E-state index contributed by atoms with van der Waals surface area (Å²) in [5.41, 5.74) is 8.14. The van der Waals surface area contributed by atoms with Gasteiger partial charge in [0.1, 0.15) is 5.54 Å². The number of aromatic nitrogens is 3. The number of aryl methyl sites for hydroxylation is 1. The number of fused-ring (bicyclic) bond motifs is 3. The van der Waals surface area contributed by atoms with Crippen molar-refractivity contribution in [2.75, 3.05) is 0 Å². The minimum atomic E-state index is -0.613. The Bertz CT molecular complexity index is 1750. The predicted molar refractivity (Wildman–Crippen MR) is 164 cm³/mol. The third-order valence-electron chi connectivity index (χ3n) is 9.06. The van der Waals surface area contributed by atoms with Gasteiger partial charge in [0.15, 0.2) is 5.78 Å². The van der Waals surface area contributed by atoms with Gasteiger partial charge in [-0.25, -0.2) is 4.98 Å². The van der Waals surface area contributed by atoms with E-state index >= 15 is 0 Å². The highest BCUT2D eigenvalue weighted by Gasteiger charge is 2.40. The lowest BCUT2D eigenvalue weighted by molar-refractivity contribution is 0.0901. The van der Waals surface area contributed by atoms with Crippen molar-refractivity contribution in [3.8, 4) is 0 Å². The summed E-state index contributed by atoms with van der Waals surface area (Å²) in [6.07, 6.45) is 4.35. The molecule has 0 saturated carbocycles. The highest BCUT2D eigenvalue weighted by Crippen LogP contribution is 2.42. The number of imidazole rings is 1. The molecule has 41 heavy (non-hydrogen) atoms. The molecule has 0 bridgehead atoms. The van der Waals surface area contributed by atoms with Crippen LogP contribution in [0.4, 0.5) is 0 Å². The summed E-state index contributed by atoms with van der Waals surface area (Å²) in [4.78, 5) is 19.0. The molecular weight excluding hydrogens is 502 g/mol. The van der Waals surface area contributed by atoms with Gasteiger partial charge in [0.05, 0.1) is 12.0 Å². The summed E-state index contributed by atoms with van der Waals surface area (Å²) in [6.45, 7) is 2.16. The Morgan fingerprint density at radius 3 is 1.90 bits per heavy atom. The number of rotatable bonds is 6. The van der Waals surface area contributed by atoms with E-state index in [-0.39, 0.29) is 11.7 Å². The Kier molecular flexibility index (Phi) is 6.19. The molecule has 0 radical (unpaired) electrons. The van der Waals surface area contributed by atoms with Crippen LogP contribution in [0.1, 0.15) is 50.6 Å². The number of hydrogen-bond donors (Lipinski definition) is 0. The number of carbonyl (C=O) groups is 1. The van der Waals surface area contributed by atoms with Crippen LogP contribution >= 0.6 is 0 Å². The molecule has 0 aliphatic heterocycles. The molecule has 2 aromatic heterocycles. The Hall–Kier alpha value is -4.70. The zero-order valence-electron chi connectivity index (χ0n) is 23.5.